The fourth-order valence-corrected chi connectivity index (χ4v) is 11.8. The van der Waals surface area contributed by atoms with Crippen LogP contribution in [0.5, 0.6) is 0 Å². The fourth-order valence-electron chi connectivity index (χ4n) is 11.8. The lowest BCUT2D eigenvalue weighted by atomic mass is 9.82. The lowest BCUT2D eigenvalue weighted by molar-refractivity contribution is 0.660. The first kappa shape index (κ1) is 41.8. The Morgan fingerprint density at radius 1 is 0.278 bits per heavy atom. The minimum absolute atomic E-state index is 0.109. The van der Waals surface area contributed by atoms with E-state index in [1.54, 1.807) is 0 Å². The van der Waals surface area contributed by atoms with Gasteiger partial charge in [-0.1, -0.05) is 172 Å². The molecule has 0 N–H and O–H groups in total. The topological polar surface area (TPSA) is 13.1 Å². The summed E-state index contributed by atoms with van der Waals surface area (Å²) in [5.74, 6) is 0. The third-order valence-electron chi connectivity index (χ3n) is 15.3. The van der Waals surface area contributed by atoms with Crippen LogP contribution in [0.15, 0.2) is 261 Å². The van der Waals surface area contributed by atoms with Crippen molar-refractivity contribution in [3.63, 3.8) is 0 Å². The molecule has 0 amide bonds. The van der Waals surface area contributed by atoms with Crippen LogP contribution >= 0.6 is 0 Å². The van der Waals surface area contributed by atoms with Gasteiger partial charge in [0.15, 0.2) is 0 Å². The van der Waals surface area contributed by atoms with Crippen LogP contribution in [-0.2, 0) is 5.41 Å². The third-order valence-corrected chi connectivity index (χ3v) is 15.3. The smallest absolute Gasteiger partial charge is 0.0547 e. The van der Waals surface area contributed by atoms with Gasteiger partial charge in [-0.25, -0.2) is 0 Å². The van der Waals surface area contributed by atoms with E-state index < -0.39 is 0 Å². The van der Waals surface area contributed by atoms with E-state index in [2.05, 4.69) is 289 Å². The molecule has 0 atom stereocenters. The molecule has 11 aromatic carbocycles. The van der Waals surface area contributed by atoms with E-state index in [4.69, 9.17) is 0 Å². The number of fused-ring (bicyclic) bond motifs is 9. The predicted octanol–water partition coefficient (Wildman–Crippen LogP) is 18.7. The number of para-hydroxylation sites is 5. The molecule has 1 aliphatic carbocycles. The number of anilines is 3. The molecule has 3 nitrogen and oxygen atoms in total. The molecule has 2 heterocycles. The van der Waals surface area contributed by atoms with Gasteiger partial charge in [0.1, 0.15) is 0 Å². The second kappa shape index (κ2) is 16.5. The Kier molecular flexibility index (Phi) is 9.56. The van der Waals surface area contributed by atoms with Crippen molar-refractivity contribution in [1.29, 1.82) is 0 Å². The van der Waals surface area contributed by atoms with Gasteiger partial charge < -0.3 is 14.0 Å². The molecular weight excluding hydrogens is 871 g/mol. The van der Waals surface area contributed by atoms with Crippen molar-refractivity contribution in [3.05, 3.63) is 272 Å². The molecule has 340 valence electrons. The summed E-state index contributed by atoms with van der Waals surface area (Å²) in [5.41, 5.74) is 22.7. The molecule has 0 fully saturated rings. The van der Waals surface area contributed by atoms with Crippen LogP contribution in [0.1, 0.15) is 25.0 Å². The lowest BCUT2D eigenvalue weighted by Crippen LogP contribution is -2.16. The third kappa shape index (κ3) is 6.66. The van der Waals surface area contributed by atoms with Crippen LogP contribution in [0, 0.1) is 0 Å². The highest BCUT2D eigenvalue weighted by Gasteiger charge is 2.35. The van der Waals surface area contributed by atoms with Gasteiger partial charge in [0.05, 0.1) is 22.1 Å². The van der Waals surface area contributed by atoms with E-state index in [1.165, 1.54) is 77.0 Å². The second-order valence-electron chi connectivity index (χ2n) is 19.8. The fraction of sp³-hybridized carbons (Fsp3) is 0.0435. The van der Waals surface area contributed by atoms with Gasteiger partial charge in [-0.05, 0) is 159 Å². The van der Waals surface area contributed by atoms with Gasteiger partial charge in [-0.3, -0.25) is 0 Å². The highest BCUT2D eigenvalue weighted by molar-refractivity contribution is 6.11. The van der Waals surface area contributed by atoms with Crippen molar-refractivity contribution in [2.45, 2.75) is 19.3 Å². The van der Waals surface area contributed by atoms with Crippen LogP contribution < -0.4 is 4.90 Å². The van der Waals surface area contributed by atoms with Crippen LogP contribution in [0.25, 0.3) is 99.5 Å². The maximum absolute atomic E-state index is 2.41. The van der Waals surface area contributed by atoms with E-state index in [0.29, 0.717) is 0 Å². The minimum Gasteiger partial charge on any atom is -0.310 e. The monoisotopic (exact) mass is 919 g/mol. The molecule has 1 aliphatic rings. The zero-order valence-electron chi connectivity index (χ0n) is 40.2. The summed E-state index contributed by atoms with van der Waals surface area (Å²) >= 11 is 0. The summed E-state index contributed by atoms with van der Waals surface area (Å²) in [6, 6.07) is 96.0. The number of rotatable bonds is 8. The zero-order chi connectivity index (χ0) is 47.9. The maximum atomic E-state index is 2.41. The SMILES string of the molecule is CC1(C)c2ccccc2-c2ccc(N(c3ccccc3)c3ccc(-c4cc(-c5ccc6c7ccccc7n(-c7ccccc7)c6c5)cc(-c5ccc6c7ccccc7n(-c7ccccc7)c6c5)c4)cc3)cc21. The first-order chi connectivity index (χ1) is 35.5. The average Bonchev–Trinajstić information content (AvgIpc) is 4.04. The predicted molar refractivity (Wildman–Crippen MR) is 304 cm³/mol. The van der Waals surface area contributed by atoms with Crippen LogP contribution in [0.3, 0.4) is 0 Å². The molecule has 0 saturated carbocycles. The number of hydrogen-bond acceptors (Lipinski definition) is 1. The van der Waals surface area contributed by atoms with E-state index >= 15 is 0 Å². The Morgan fingerprint density at radius 3 is 1.26 bits per heavy atom. The molecular formula is C69H49N3. The molecule has 0 saturated heterocycles. The zero-order valence-corrected chi connectivity index (χ0v) is 40.2. The van der Waals surface area contributed by atoms with Gasteiger partial charge in [0.2, 0.25) is 0 Å². The highest BCUT2D eigenvalue weighted by Crippen LogP contribution is 2.51. The van der Waals surface area contributed by atoms with Crippen molar-refractivity contribution in [1.82, 2.24) is 9.13 Å². The Labute approximate surface area is 419 Å². The first-order valence-corrected chi connectivity index (χ1v) is 25.0. The van der Waals surface area contributed by atoms with E-state index in [1.807, 2.05) is 0 Å². The second-order valence-corrected chi connectivity index (χ2v) is 19.8. The van der Waals surface area contributed by atoms with E-state index in [-0.39, 0.29) is 5.41 Å². The summed E-state index contributed by atoms with van der Waals surface area (Å²) in [6.07, 6.45) is 0. The largest absolute Gasteiger partial charge is 0.310 e. The molecule has 0 bridgehead atoms. The maximum Gasteiger partial charge on any atom is 0.0547 e. The van der Waals surface area contributed by atoms with Crippen LogP contribution in [0.4, 0.5) is 17.1 Å². The normalized spacial score (nSPS) is 12.7. The summed E-state index contributed by atoms with van der Waals surface area (Å²) in [7, 11) is 0. The summed E-state index contributed by atoms with van der Waals surface area (Å²) in [6.45, 7) is 4.71. The van der Waals surface area contributed by atoms with E-state index in [9.17, 15) is 0 Å². The standard InChI is InChI=1S/C69H49N3/c1-69(2)63-27-15-12-24-57(63)58-39-36-56(45-64(58)69)70(52-18-6-3-7-19-52)55-34-30-46(31-35-55)49-40-50(47-32-37-61-59-25-13-16-28-65(59)71(67(61)43-47)53-20-8-4-9-21-53)42-51(41-49)48-33-38-62-60-26-14-17-29-66(60)72(68(62)44-48)54-22-10-5-11-23-54/h3-45H,1-2H3. The number of hydrogen-bond donors (Lipinski definition) is 0. The minimum atomic E-state index is -0.109. The first-order valence-electron chi connectivity index (χ1n) is 25.0. The number of benzene rings is 11. The summed E-state index contributed by atoms with van der Waals surface area (Å²) in [5, 5.41) is 4.98. The van der Waals surface area contributed by atoms with E-state index in [0.717, 1.165) is 50.7 Å². The van der Waals surface area contributed by atoms with Crippen LogP contribution in [-0.4, -0.2) is 9.13 Å². The molecule has 0 spiro atoms. The van der Waals surface area contributed by atoms with Gasteiger partial charge >= 0.3 is 0 Å². The van der Waals surface area contributed by atoms with Crippen LogP contribution in [0.2, 0.25) is 0 Å². The van der Waals surface area contributed by atoms with Gasteiger partial charge in [-0.15, -0.1) is 0 Å². The van der Waals surface area contributed by atoms with Crippen molar-refractivity contribution in [2.24, 2.45) is 0 Å². The van der Waals surface area contributed by atoms with Crippen molar-refractivity contribution in [3.8, 4) is 55.9 Å². The Bertz CT molecular complexity index is 4040. The molecule has 13 aromatic rings. The summed E-state index contributed by atoms with van der Waals surface area (Å²) < 4.78 is 4.82. The Hall–Kier alpha value is -9.18. The molecule has 2 aromatic heterocycles. The quantitative estimate of drug-likeness (QED) is 0.148. The molecule has 0 aliphatic heterocycles. The molecule has 72 heavy (non-hydrogen) atoms. The molecule has 14 rings (SSSR count). The van der Waals surface area contributed by atoms with Crippen molar-refractivity contribution >= 4 is 60.7 Å². The highest BCUT2D eigenvalue weighted by atomic mass is 15.1. The molecule has 3 heteroatoms. The van der Waals surface area contributed by atoms with Gasteiger partial charge in [-0.2, -0.15) is 0 Å². The Balaban J connectivity index is 0.937. The number of aromatic nitrogens is 2. The van der Waals surface area contributed by atoms with Crippen molar-refractivity contribution in [2.75, 3.05) is 4.90 Å². The lowest BCUT2D eigenvalue weighted by Gasteiger charge is -2.28. The van der Waals surface area contributed by atoms with Crippen molar-refractivity contribution < 1.29 is 0 Å². The average molecular weight is 920 g/mol. The Morgan fingerprint density at radius 2 is 0.694 bits per heavy atom. The molecule has 0 radical (unpaired) electrons. The number of nitrogens with zero attached hydrogens (tertiary/aromatic N) is 3. The van der Waals surface area contributed by atoms with Gasteiger partial charge in [0, 0.05) is 55.4 Å². The summed E-state index contributed by atoms with van der Waals surface area (Å²) in [4.78, 5) is 2.40. The van der Waals surface area contributed by atoms with Gasteiger partial charge in [0.25, 0.3) is 0 Å². The molecule has 0 unspecified atom stereocenters.